The Kier molecular flexibility index (Phi) is 5.83. The molecule has 148 valence electrons. The number of hydrogen-bond donors (Lipinski definition) is 3. The molecule has 0 unspecified atom stereocenters. The van der Waals surface area contributed by atoms with Gasteiger partial charge in [-0.25, -0.2) is 14.9 Å². The Morgan fingerprint density at radius 3 is 2.78 bits per heavy atom. The highest BCUT2D eigenvalue weighted by molar-refractivity contribution is 7.11. The lowest BCUT2D eigenvalue weighted by molar-refractivity contribution is 0.0210. The van der Waals surface area contributed by atoms with Crippen molar-refractivity contribution in [1.82, 2.24) is 25.1 Å². The summed E-state index contributed by atoms with van der Waals surface area (Å²) in [4.78, 5) is 23.7. The monoisotopic (exact) mass is 393 g/mol. The van der Waals surface area contributed by atoms with E-state index in [2.05, 4.69) is 30.8 Å². The van der Waals surface area contributed by atoms with Gasteiger partial charge in [-0.15, -0.1) is 16.4 Å². The number of piperidine rings is 1. The van der Waals surface area contributed by atoms with E-state index in [4.69, 9.17) is 4.74 Å². The fourth-order valence-electron chi connectivity index (χ4n) is 2.78. The number of hydrogen-bond acceptors (Lipinski definition) is 8. The molecule has 2 aromatic heterocycles. The number of anilines is 2. The maximum absolute atomic E-state index is 12.1. The van der Waals surface area contributed by atoms with Crippen LogP contribution in [0.1, 0.15) is 43.5 Å². The van der Waals surface area contributed by atoms with Gasteiger partial charge in [0.15, 0.2) is 0 Å². The molecule has 3 rings (SSSR count). The third-order valence-corrected chi connectivity index (χ3v) is 4.98. The van der Waals surface area contributed by atoms with Crippen molar-refractivity contribution in [2.24, 2.45) is 0 Å². The molecule has 1 aliphatic heterocycles. The zero-order valence-corrected chi connectivity index (χ0v) is 17.0. The lowest BCUT2D eigenvalue weighted by Gasteiger charge is -2.33. The van der Waals surface area contributed by atoms with Crippen LogP contribution in [0.5, 0.6) is 0 Å². The summed E-state index contributed by atoms with van der Waals surface area (Å²) in [5.74, 6) is 1.18. The standard InChI is InChI=1S/C17H27N7O2S/c1-11-18-9-13(27-11)10-19-14-21-15(23-22-14)20-12-5-7-24(8-6-12)16(25)26-17(2,3)4/h9,12H,5-8,10H2,1-4H3,(H3,19,20,21,22,23). The quantitative estimate of drug-likeness (QED) is 0.716. The SMILES string of the molecule is Cc1ncc(CNc2n[nH]c(NC3CCN(C(=O)OC(C)(C)C)CC3)n2)s1. The summed E-state index contributed by atoms with van der Waals surface area (Å²) in [5, 5.41) is 14.7. The van der Waals surface area contributed by atoms with E-state index >= 15 is 0 Å². The predicted octanol–water partition coefficient (Wildman–Crippen LogP) is 2.99. The molecule has 1 amide bonds. The highest BCUT2D eigenvalue weighted by Gasteiger charge is 2.27. The number of aryl methyl sites for hydroxylation is 1. The first kappa shape index (κ1) is 19.4. The van der Waals surface area contributed by atoms with Crippen molar-refractivity contribution < 1.29 is 9.53 Å². The second kappa shape index (κ2) is 8.12. The molecule has 1 saturated heterocycles. The van der Waals surface area contributed by atoms with Gasteiger partial charge in [0.2, 0.25) is 11.9 Å². The second-order valence-electron chi connectivity index (χ2n) is 7.59. The maximum atomic E-state index is 12.1. The van der Waals surface area contributed by atoms with Crippen molar-refractivity contribution in [3.63, 3.8) is 0 Å². The number of rotatable bonds is 5. The fraction of sp³-hybridized carbons (Fsp3) is 0.647. The minimum absolute atomic E-state index is 0.244. The van der Waals surface area contributed by atoms with Crippen LogP contribution >= 0.6 is 11.3 Å². The smallest absolute Gasteiger partial charge is 0.410 e. The number of nitrogens with zero attached hydrogens (tertiary/aromatic N) is 4. The van der Waals surface area contributed by atoms with Gasteiger partial charge in [-0.3, -0.25) is 0 Å². The number of amides is 1. The summed E-state index contributed by atoms with van der Waals surface area (Å²) < 4.78 is 5.43. The van der Waals surface area contributed by atoms with E-state index in [1.165, 1.54) is 0 Å². The van der Waals surface area contributed by atoms with Gasteiger partial charge in [-0.1, -0.05) is 0 Å². The number of aromatic nitrogens is 4. The van der Waals surface area contributed by atoms with Crippen LogP contribution in [-0.4, -0.2) is 55.9 Å². The molecule has 9 nitrogen and oxygen atoms in total. The van der Waals surface area contributed by atoms with E-state index in [1.807, 2.05) is 33.9 Å². The summed E-state index contributed by atoms with van der Waals surface area (Å²) in [5.41, 5.74) is -0.465. The molecule has 0 spiro atoms. The van der Waals surface area contributed by atoms with E-state index in [9.17, 15) is 4.79 Å². The van der Waals surface area contributed by atoms with Crippen LogP contribution in [0.25, 0.3) is 0 Å². The van der Waals surface area contributed by atoms with Crippen LogP contribution in [0.15, 0.2) is 6.20 Å². The lowest BCUT2D eigenvalue weighted by Crippen LogP contribution is -2.44. The number of nitrogens with one attached hydrogen (secondary N) is 3. The third kappa shape index (κ3) is 5.81. The molecule has 0 atom stereocenters. The number of H-pyrrole nitrogens is 1. The zero-order valence-electron chi connectivity index (χ0n) is 16.2. The molecule has 0 bridgehead atoms. The molecule has 0 aliphatic carbocycles. The average Bonchev–Trinajstić information content (AvgIpc) is 3.21. The van der Waals surface area contributed by atoms with Crippen LogP contribution in [0.2, 0.25) is 0 Å². The normalized spacial score (nSPS) is 15.6. The Morgan fingerprint density at radius 1 is 1.41 bits per heavy atom. The molecule has 2 aromatic rings. The molecule has 1 fully saturated rings. The molecule has 27 heavy (non-hydrogen) atoms. The van der Waals surface area contributed by atoms with E-state index in [0.29, 0.717) is 31.5 Å². The number of ether oxygens (including phenoxy) is 1. The first-order valence-corrected chi connectivity index (χ1v) is 9.92. The van der Waals surface area contributed by atoms with E-state index in [1.54, 1.807) is 16.2 Å². The largest absolute Gasteiger partial charge is 0.444 e. The minimum Gasteiger partial charge on any atom is -0.444 e. The highest BCUT2D eigenvalue weighted by atomic mass is 32.1. The molecule has 1 aliphatic rings. The van der Waals surface area contributed by atoms with Gasteiger partial charge in [-0.05, 0) is 40.5 Å². The van der Waals surface area contributed by atoms with Gasteiger partial charge in [-0.2, -0.15) is 4.98 Å². The number of aromatic amines is 1. The van der Waals surface area contributed by atoms with Crippen molar-refractivity contribution in [1.29, 1.82) is 0 Å². The summed E-state index contributed by atoms with van der Waals surface area (Å²) in [6.45, 7) is 9.60. The zero-order chi connectivity index (χ0) is 19.4. The number of carbonyl (C=O) groups excluding carboxylic acids is 1. The van der Waals surface area contributed by atoms with E-state index in [0.717, 1.165) is 22.7 Å². The maximum Gasteiger partial charge on any atom is 0.410 e. The fourth-order valence-corrected chi connectivity index (χ4v) is 3.52. The molecule has 0 saturated carbocycles. The van der Waals surface area contributed by atoms with Crippen LogP contribution in [0.3, 0.4) is 0 Å². The van der Waals surface area contributed by atoms with Gasteiger partial charge in [0, 0.05) is 30.2 Å². The molecule has 10 heteroatoms. The third-order valence-electron chi connectivity index (χ3n) is 4.06. The van der Waals surface area contributed by atoms with Crippen molar-refractivity contribution >= 4 is 29.3 Å². The Hall–Kier alpha value is -2.36. The van der Waals surface area contributed by atoms with Gasteiger partial charge in [0.05, 0.1) is 11.6 Å². The van der Waals surface area contributed by atoms with Crippen molar-refractivity contribution in [3.05, 3.63) is 16.1 Å². The molecule has 3 N–H and O–H groups in total. The first-order valence-electron chi connectivity index (χ1n) is 9.10. The average molecular weight is 394 g/mol. The van der Waals surface area contributed by atoms with E-state index < -0.39 is 5.60 Å². The molecular formula is C17H27N7O2S. The summed E-state index contributed by atoms with van der Waals surface area (Å²) in [6.07, 6.45) is 3.29. The van der Waals surface area contributed by atoms with Crippen LogP contribution in [0, 0.1) is 6.92 Å². The Morgan fingerprint density at radius 2 is 2.15 bits per heavy atom. The van der Waals surface area contributed by atoms with Crippen LogP contribution in [-0.2, 0) is 11.3 Å². The van der Waals surface area contributed by atoms with Gasteiger partial charge in [0.25, 0.3) is 0 Å². The number of thiazole rings is 1. The highest BCUT2D eigenvalue weighted by Crippen LogP contribution is 2.18. The Balaban J connectivity index is 1.43. The predicted molar refractivity (Wildman–Crippen MR) is 105 cm³/mol. The summed E-state index contributed by atoms with van der Waals surface area (Å²) in [6, 6.07) is 0.244. The molecule has 0 aromatic carbocycles. The van der Waals surface area contributed by atoms with E-state index in [-0.39, 0.29) is 12.1 Å². The topological polar surface area (TPSA) is 108 Å². The van der Waals surface area contributed by atoms with Crippen LogP contribution in [0.4, 0.5) is 16.7 Å². The molecule has 3 heterocycles. The Bertz CT molecular complexity index is 759. The number of likely N-dealkylation sites (tertiary alicyclic amines) is 1. The lowest BCUT2D eigenvalue weighted by atomic mass is 10.1. The Labute approximate surface area is 162 Å². The minimum atomic E-state index is -0.465. The van der Waals surface area contributed by atoms with Gasteiger partial charge >= 0.3 is 6.09 Å². The summed E-state index contributed by atoms with van der Waals surface area (Å²) in [7, 11) is 0. The summed E-state index contributed by atoms with van der Waals surface area (Å²) >= 11 is 1.65. The number of carbonyl (C=O) groups is 1. The van der Waals surface area contributed by atoms with Crippen LogP contribution < -0.4 is 10.6 Å². The first-order chi connectivity index (χ1) is 12.8. The second-order valence-corrected chi connectivity index (χ2v) is 8.91. The molecular weight excluding hydrogens is 366 g/mol. The van der Waals surface area contributed by atoms with Crippen molar-refractivity contribution in [3.8, 4) is 0 Å². The van der Waals surface area contributed by atoms with Crippen molar-refractivity contribution in [2.45, 2.75) is 58.7 Å². The van der Waals surface area contributed by atoms with Gasteiger partial charge < -0.3 is 20.3 Å². The van der Waals surface area contributed by atoms with Crippen molar-refractivity contribution in [2.75, 3.05) is 23.7 Å². The molecule has 0 radical (unpaired) electrons. The van der Waals surface area contributed by atoms with Gasteiger partial charge in [0.1, 0.15) is 5.60 Å².